The predicted molar refractivity (Wildman–Crippen MR) is 79.6 cm³/mol. The molecule has 0 aromatic heterocycles. The quantitative estimate of drug-likeness (QED) is 0.832. The zero-order chi connectivity index (χ0) is 14.5. The third kappa shape index (κ3) is 4.19. The van der Waals surface area contributed by atoms with Crippen LogP contribution in [0.1, 0.15) is 45.1 Å². The molecule has 2 nitrogen and oxygen atoms in total. The first-order valence-electron chi connectivity index (χ1n) is 7.29. The van der Waals surface area contributed by atoms with E-state index in [-0.39, 0.29) is 11.7 Å². The van der Waals surface area contributed by atoms with E-state index < -0.39 is 0 Å². The van der Waals surface area contributed by atoms with Gasteiger partial charge in [0.25, 0.3) is 0 Å². The molecule has 2 rings (SSSR count). The minimum absolute atomic E-state index is 0.0501. The highest BCUT2D eigenvalue weighted by atomic mass is 19.1. The molecule has 1 N–H and O–H groups in total. The van der Waals surface area contributed by atoms with Crippen LogP contribution in [0.5, 0.6) is 0 Å². The fourth-order valence-corrected chi connectivity index (χ4v) is 2.80. The predicted octanol–water partition coefficient (Wildman–Crippen LogP) is 3.92. The molecule has 1 amide bonds. The maximum absolute atomic E-state index is 12.9. The highest BCUT2D eigenvalue weighted by molar-refractivity contribution is 5.94. The van der Waals surface area contributed by atoms with E-state index in [4.69, 9.17) is 0 Å². The van der Waals surface area contributed by atoms with Gasteiger partial charge in [-0.2, -0.15) is 0 Å². The summed E-state index contributed by atoms with van der Waals surface area (Å²) in [5.41, 5.74) is 1.73. The van der Waals surface area contributed by atoms with Gasteiger partial charge in [-0.1, -0.05) is 31.9 Å². The van der Waals surface area contributed by atoms with E-state index in [1.165, 1.54) is 25.0 Å². The van der Waals surface area contributed by atoms with Crippen molar-refractivity contribution in [3.05, 3.63) is 41.7 Å². The molecule has 3 heteroatoms. The Kier molecular flexibility index (Phi) is 4.94. The van der Waals surface area contributed by atoms with Crippen LogP contribution < -0.4 is 5.32 Å². The lowest BCUT2D eigenvalue weighted by atomic mass is 9.87. The summed E-state index contributed by atoms with van der Waals surface area (Å²) < 4.78 is 12.9. The van der Waals surface area contributed by atoms with Crippen LogP contribution in [0.25, 0.3) is 5.57 Å². The summed E-state index contributed by atoms with van der Waals surface area (Å²) in [6, 6.07) is 6.50. The largest absolute Gasteiger partial charge is 0.350 e. The van der Waals surface area contributed by atoms with Crippen molar-refractivity contribution in [1.82, 2.24) is 5.32 Å². The van der Waals surface area contributed by atoms with Gasteiger partial charge in [0.15, 0.2) is 0 Å². The molecule has 0 heterocycles. The number of carbonyl (C=O) groups is 1. The topological polar surface area (TPSA) is 29.1 Å². The zero-order valence-corrected chi connectivity index (χ0v) is 12.2. The second-order valence-corrected chi connectivity index (χ2v) is 5.81. The Morgan fingerprint density at radius 2 is 2.00 bits per heavy atom. The summed E-state index contributed by atoms with van der Waals surface area (Å²) in [5.74, 6) is 0.379. The Labute approximate surface area is 120 Å². The Balaban J connectivity index is 1.95. The lowest BCUT2D eigenvalue weighted by Crippen LogP contribution is -2.37. The summed E-state index contributed by atoms with van der Waals surface area (Å²) in [6.45, 7) is 4.11. The average Bonchev–Trinajstić information content (AvgIpc) is 2.39. The molecular formula is C17H22FNO. The van der Waals surface area contributed by atoms with Gasteiger partial charge in [0, 0.05) is 12.1 Å². The van der Waals surface area contributed by atoms with E-state index in [1.807, 2.05) is 6.92 Å². The molecule has 0 unspecified atom stereocenters. The van der Waals surface area contributed by atoms with Gasteiger partial charge in [-0.25, -0.2) is 4.39 Å². The molecule has 2 atom stereocenters. The highest BCUT2D eigenvalue weighted by Gasteiger charge is 2.19. The molecule has 0 bridgehead atoms. The lowest BCUT2D eigenvalue weighted by Gasteiger charge is -2.27. The van der Waals surface area contributed by atoms with Crippen molar-refractivity contribution in [2.24, 2.45) is 5.92 Å². The van der Waals surface area contributed by atoms with Crippen LogP contribution in [-0.2, 0) is 4.79 Å². The number of nitrogens with one attached hydrogen (secondary N) is 1. The third-order valence-electron chi connectivity index (χ3n) is 3.93. The van der Waals surface area contributed by atoms with Crippen LogP contribution in [0, 0.1) is 11.7 Å². The summed E-state index contributed by atoms with van der Waals surface area (Å²) in [7, 11) is 0. The minimum Gasteiger partial charge on any atom is -0.350 e. The molecule has 1 fully saturated rings. The van der Waals surface area contributed by atoms with Crippen molar-refractivity contribution in [2.75, 3.05) is 0 Å². The van der Waals surface area contributed by atoms with Crippen molar-refractivity contribution < 1.29 is 9.18 Å². The SMILES string of the molecule is C/C(=C\C(=O)N[C@@H]1CCC[C@H](C)C1)c1ccc(F)cc1. The summed E-state index contributed by atoms with van der Waals surface area (Å²) in [6.07, 6.45) is 6.19. The minimum atomic E-state index is -0.262. The van der Waals surface area contributed by atoms with E-state index >= 15 is 0 Å². The molecule has 0 spiro atoms. The Morgan fingerprint density at radius 1 is 1.30 bits per heavy atom. The number of hydrogen-bond donors (Lipinski definition) is 1. The van der Waals surface area contributed by atoms with E-state index in [9.17, 15) is 9.18 Å². The Morgan fingerprint density at radius 3 is 2.65 bits per heavy atom. The summed E-state index contributed by atoms with van der Waals surface area (Å²) in [5, 5.41) is 3.07. The van der Waals surface area contributed by atoms with Gasteiger partial charge in [-0.15, -0.1) is 0 Å². The third-order valence-corrected chi connectivity index (χ3v) is 3.93. The fourth-order valence-electron chi connectivity index (χ4n) is 2.80. The average molecular weight is 275 g/mol. The van der Waals surface area contributed by atoms with Crippen molar-refractivity contribution in [1.29, 1.82) is 0 Å². The van der Waals surface area contributed by atoms with Gasteiger partial charge in [0.2, 0.25) is 5.91 Å². The number of allylic oxidation sites excluding steroid dienone is 1. The zero-order valence-electron chi connectivity index (χ0n) is 12.2. The van der Waals surface area contributed by atoms with E-state index in [0.717, 1.165) is 24.0 Å². The van der Waals surface area contributed by atoms with Crippen molar-refractivity contribution >= 4 is 11.5 Å². The molecule has 0 aliphatic heterocycles. The van der Waals surface area contributed by atoms with E-state index in [2.05, 4.69) is 12.2 Å². The second kappa shape index (κ2) is 6.69. The van der Waals surface area contributed by atoms with Gasteiger partial charge in [-0.3, -0.25) is 4.79 Å². The first kappa shape index (κ1) is 14.8. The van der Waals surface area contributed by atoms with Crippen LogP contribution in [0.2, 0.25) is 0 Å². The molecule has 1 aliphatic carbocycles. The van der Waals surface area contributed by atoms with Crippen molar-refractivity contribution in [2.45, 2.75) is 45.6 Å². The maximum atomic E-state index is 12.9. The van der Waals surface area contributed by atoms with Crippen LogP contribution in [0.4, 0.5) is 4.39 Å². The molecule has 0 saturated heterocycles. The lowest BCUT2D eigenvalue weighted by molar-refractivity contribution is -0.117. The van der Waals surface area contributed by atoms with Crippen LogP contribution in [0.15, 0.2) is 30.3 Å². The van der Waals surface area contributed by atoms with Crippen LogP contribution >= 0.6 is 0 Å². The van der Waals surface area contributed by atoms with E-state index in [1.54, 1.807) is 18.2 Å². The first-order chi connectivity index (χ1) is 9.54. The molecule has 20 heavy (non-hydrogen) atoms. The molecule has 1 aromatic carbocycles. The number of amides is 1. The summed E-state index contributed by atoms with van der Waals surface area (Å²) in [4.78, 5) is 12.0. The number of benzene rings is 1. The normalized spacial score (nSPS) is 23.4. The van der Waals surface area contributed by atoms with Gasteiger partial charge in [-0.05, 0) is 49.0 Å². The molecule has 1 aromatic rings. The molecule has 0 radical (unpaired) electrons. The molecular weight excluding hydrogens is 253 g/mol. The molecule has 1 saturated carbocycles. The monoisotopic (exact) mass is 275 g/mol. The van der Waals surface area contributed by atoms with Crippen molar-refractivity contribution in [3.63, 3.8) is 0 Å². The van der Waals surface area contributed by atoms with Crippen LogP contribution in [0.3, 0.4) is 0 Å². The Bertz CT molecular complexity index is 492. The highest BCUT2D eigenvalue weighted by Crippen LogP contribution is 2.23. The van der Waals surface area contributed by atoms with Crippen LogP contribution in [-0.4, -0.2) is 11.9 Å². The molecule has 1 aliphatic rings. The van der Waals surface area contributed by atoms with Gasteiger partial charge in [0.05, 0.1) is 0 Å². The van der Waals surface area contributed by atoms with Gasteiger partial charge in [0.1, 0.15) is 5.82 Å². The number of rotatable bonds is 3. The van der Waals surface area contributed by atoms with E-state index in [0.29, 0.717) is 12.0 Å². The van der Waals surface area contributed by atoms with Crippen molar-refractivity contribution in [3.8, 4) is 0 Å². The first-order valence-corrected chi connectivity index (χ1v) is 7.29. The maximum Gasteiger partial charge on any atom is 0.244 e. The number of carbonyl (C=O) groups excluding carboxylic acids is 1. The fraction of sp³-hybridized carbons (Fsp3) is 0.471. The standard InChI is InChI=1S/C17H22FNO/c1-12-4-3-5-16(10-12)19-17(20)11-13(2)14-6-8-15(18)9-7-14/h6-9,11-12,16H,3-5,10H2,1-2H3,(H,19,20)/b13-11+/t12-,16+/m0/s1. The Hall–Kier alpha value is -1.64. The van der Waals surface area contributed by atoms with Gasteiger partial charge >= 0.3 is 0 Å². The second-order valence-electron chi connectivity index (χ2n) is 5.81. The smallest absolute Gasteiger partial charge is 0.244 e. The number of hydrogen-bond acceptors (Lipinski definition) is 1. The summed E-state index contributed by atoms with van der Waals surface area (Å²) >= 11 is 0. The van der Waals surface area contributed by atoms with Gasteiger partial charge < -0.3 is 5.32 Å². The molecule has 108 valence electrons. The number of halogens is 1.